The topological polar surface area (TPSA) is 91.2 Å². The molecular formula is C19H25N5O2. The molecule has 3 rings (SSSR count). The highest BCUT2D eigenvalue weighted by molar-refractivity contribution is 5.92. The summed E-state index contributed by atoms with van der Waals surface area (Å²) in [6.45, 7) is 4.88. The zero-order valence-corrected chi connectivity index (χ0v) is 15.2. The number of anilines is 1. The Labute approximate surface area is 153 Å². The number of amides is 1. The summed E-state index contributed by atoms with van der Waals surface area (Å²) in [6, 6.07) is 7.00. The molecule has 2 aromatic rings. The summed E-state index contributed by atoms with van der Waals surface area (Å²) in [4.78, 5) is 27.2. The number of nitrogens with one attached hydrogen (secondary N) is 1. The van der Waals surface area contributed by atoms with Gasteiger partial charge in [-0.05, 0) is 31.9 Å². The van der Waals surface area contributed by atoms with Crippen LogP contribution >= 0.6 is 0 Å². The van der Waals surface area contributed by atoms with Gasteiger partial charge in [0.1, 0.15) is 17.3 Å². The SMILES string of the molecule is CCCc1nc(C)cc(N[C@@H]2CCN(C(=O)c3ccccn3)C[C@H]2O)n1. The highest BCUT2D eigenvalue weighted by atomic mass is 16.3. The van der Waals surface area contributed by atoms with Crippen molar-refractivity contribution in [1.29, 1.82) is 0 Å². The van der Waals surface area contributed by atoms with Gasteiger partial charge in [0.05, 0.1) is 12.1 Å². The molecule has 1 aliphatic heterocycles. The van der Waals surface area contributed by atoms with Crippen molar-refractivity contribution in [3.63, 3.8) is 0 Å². The van der Waals surface area contributed by atoms with Crippen LogP contribution < -0.4 is 5.32 Å². The van der Waals surface area contributed by atoms with Crippen molar-refractivity contribution >= 4 is 11.7 Å². The van der Waals surface area contributed by atoms with Gasteiger partial charge in [0.15, 0.2) is 0 Å². The Hall–Kier alpha value is -2.54. The molecule has 1 fully saturated rings. The van der Waals surface area contributed by atoms with Gasteiger partial charge >= 0.3 is 0 Å². The van der Waals surface area contributed by atoms with Crippen molar-refractivity contribution in [1.82, 2.24) is 19.9 Å². The minimum Gasteiger partial charge on any atom is -0.389 e. The number of aliphatic hydroxyl groups is 1. The van der Waals surface area contributed by atoms with Crippen molar-refractivity contribution in [2.75, 3.05) is 18.4 Å². The van der Waals surface area contributed by atoms with Crippen LogP contribution in [0.15, 0.2) is 30.5 Å². The monoisotopic (exact) mass is 355 g/mol. The number of hydrogen-bond acceptors (Lipinski definition) is 6. The van der Waals surface area contributed by atoms with Crippen LogP contribution in [0.1, 0.15) is 41.8 Å². The van der Waals surface area contributed by atoms with Gasteiger partial charge in [-0.3, -0.25) is 9.78 Å². The van der Waals surface area contributed by atoms with Gasteiger partial charge in [0.2, 0.25) is 0 Å². The number of hydrogen-bond donors (Lipinski definition) is 2. The number of pyridine rings is 1. The van der Waals surface area contributed by atoms with Crippen LogP contribution in [0.3, 0.4) is 0 Å². The maximum Gasteiger partial charge on any atom is 0.272 e. The van der Waals surface area contributed by atoms with E-state index in [1.807, 2.05) is 13.0 Å². The number of carbonyl (C=O) groups is 1. The highest BCUT2D eigenvalue weighted by Gasteiger charge is 2.31. The van der Waals surface area contributed by atoms with E-state index in [0.717, 1.165) is 30.2 Å². The first-order chi connectivity index (χ1) is 12.6. The van der Waals surface area contributed by atoms with Crippen molar-refractivity contribution in [2.45, 2.75) is 45.3 Å². The van der Waals surface area contributed by atoms with Crippen molar-refractivity contribution in [3.8, 4) is 0 Å². The molecule has 0 aromatic carbocycles. The van der Waals surface area contributed by atoms with Crippen LogP contribution in [0, 0.1) is 6.92 Å². The Balaban J connectivity index is 1.63. The molecule has 0 unspecified atom stereocenters. The third-order valence-corrected chi connectivity index (χ3v) is 4.46. The molecule has 1 saturated heterocycles. The lowest BCUT2D eigenvalue weighted by atomic mass is 10.0. The van der Waals surface area contributed by atoms with E-state index < -0.39 is 6.10 Å². The van der Waals surface area contributed by atoms with Gasteiger partial charge in [0, 0.05) is 37.5 Å². The summed E-state index contributed by atoms with van der Waals surface area (Å²) in [7, 11) is 0. The third-order valence-electron chi connectivity index (χ3n) is 4.46. The first-order valence-corrected chi connectivity index (χ1v) is 9.06. The Morgan fingerprint density at radius 2 is 2.23 bits per heavy atom. The minimum absolute atomic E-state index is 0.147. The number of piperidine rings is 1. The van der Waals surface area contributed by atoms with Crippen molar-refractivity contribution in [2.24, 2.45) is 0 Å². The average molecular weight is 355 g/mol. The normalized spacial score (nSPS) is 20.0. The average Bonchev–Trinajstić information content (AvgIpc) is 2.63. The Morgan fingerprint density at radius 3 is 2.92 bits per heavy atom. The Bertz CT molecular complexity index is 753. The fraction of sp³-hybridized carbons (Fsp3) is 0.474. The van der Waals surface area contributed by atoms with Crippen LogP contribution in [-0.2, 0) is 6.42 Å². The maximum atomic E-state index is 12.5. The van der Waals surface area contributed by atoms with Crippen molar-refractivity contribution in [3.05, 3.63) is 47.7 Å². The summed E-state index contributed by atoms with van der Waals surface area (Å²) in [5, 5.41) is 13.8. The molecule has 3 heterocycles. The molecule has 1 aliphatic rings. The van der Waals surface area contributed by atoms with Crippen LogP contribution in [0.2, 0.25) is 0 Å². The van der Waals surface area contributed by atoms with E-state index >= 15 is 0 Å². The van der Waals surface area contributed by atoms with Crippen LogP contribution in [0.4, 0.5) is 5.82 Å². The second-order valence-electron chi connectivity index (χ2n) is 6.63. The fourth-order valence-electron chi connectivity index (χ4n) is 3.17. The number of likely N-dealkylation sites (tertiary alicyclic amines) is 1. The van der Waals surface area contributed by atoms with Gasteiger partial charge in [-0.25, -0.2) is 9.97 Å². The Morgan fingerprint density at radius 1 is 1.38 bits per heavy atom. The predicted molar refractivity (Wildman–Crippen MR) is 98.9 cm³/mol. The molecular weight excluding hydrogens is 330 g/mol. The molecule has 138 valence electrons. The number of carbonyl (C=O) groups excluding carboxylic acids is 1. The van der Waals surface area contributed by atoms with E-state index in [2.05, 4.69) is 27.2 Å². The molecule has 0 aliphatic carbocycles. The molecule has 2 atom stereocenters. The first-order valence-electron chi connectivity index (χ1n) is 9.06. The smallest absolute Gasteiger partial charge is 0.272 e. The molecule has 0 radical (unpaired) electrons. The number of β-amino-alcohol motifs (C(OH)–C–C–N with tert-alkyl or cyclic N) is 1. The Kier molecular flexibility index (Phi) is 5.78. The maximum absolute atomic E-state index is 12.5. The highest BCUT2D eigenvalue weighted by Crippen LogP contribution is 2.18. The summed E-state index contributed by atoms with van der Waals surface area (Å²) in [6.07, 6.45) is 3.39. The van der Waals surface area contributed by atoms with Gasteiger partial charge in [-0.2, -0.15) is 0 Å². The molecule has 2 aromatic heterocycles. The number of aliphatic hydroxyl groups excluding tert-OH is 1. The number of aryl methyl sites for hydroxylation is 2. The second-order valence-corrected chi connectivity index (χ2v) is 6.63. The molecule has 7 nitrogen and oxygen atoms in total. The lowest BCUT2D eigenvalue weighted by molar-refractivity contribution is 0.0421. The third kappa shape index (κ3) is 4.35. The van der Waals surface area contributed by atoms with Crippen molar-refractivity contribution < 1.29 is 9.90 Å². The molecule has 2 N–H and O–H groups in total. The largest absolute Gasteiger partial charge is 0.389 e. The lowest BCUT2D eigenvalue weighted by Gasteiger charge is -2.36. The van der Waals surface area contributed by atoms with Crippen LogP contribution in [0.5, 0.6) is 0 Å². The van der Waals surface area contributed by atoms with Gasteiger partial charge in [-0.1, -0.05) is 13.0 Å². The number of aromatic nitrogens is 3. The lowest BCUT2D eigenvalue weighted by Crippen LogP contribution is -2.51. The molecule has 1 amide bonds. The van der Waals surface area contributed by atoms with Crippen LogP contribution in [0.25, 0.3) is 0 Å². The van der Waals surface area contributed by atoms with E-state index in [9.17, 15) is 9.90 Å². The molecule has 0 spiro atoms. The van der Waals surface area contributed by atoms with E-state index in [1.54, 1.807) is 29.3 Å². The molecule has 26 heavy (non-hydrogen) atoms. The van der Waals surface area contributed by atoms with E-state index in [4.69, 9.17) is 0 Å². The summed E-state index contributed by atoms with van der Waals surface area (Å²) < 4.78 is 0. The summed E-state index contributed by atoms with van der Waals surface area (Å²) >= 11 is 0. The quantitative estimate of drug-likeness (QED) is 0.850. The fourth-order valence-corrected chi connectivity index (χ4v) is 3.17. The zero-order valence-electron chi connectivity index (χ0n) is 15.2. The second kappa shape index (κ2) is 8.23. The first kappa shape index (κ1) is 18.3. The van der Waals surface area contributed by atoms with E-state index in [1.165, 1.54) is 0 Å². The van der Waals surface area contributed by atoms with Gasteiger partial charge in [-0.15, -0.1) is 0 Å². The molecule has 0 saturated carbocycles. The summed E-state index contributed by atoms with van der Waals surface area (Å²) in [5.74, 6) is 1.40. The van der Waals surface area contributed by atoms with E-state index in [-0.39, 0.29) is 18.5 Å². The summed E-state index contributed by atoms with van der Waals surface area (Å²) in [5.41, 5.74) is 1.31. The zero-order chi connectivity index (χ0) is 18.5. The molecule has 0 bridgehead atoms. The van der Waals surface area contributed by atoms with Crippen LogP contribution in [-0.4, -0.2) is 56.1 Å². The number of nitrogens with zero attached hydrogens (tertiary/aromatic N) is 4. The number of rotatable bonds is 5. The standard InChI is InChI=1S/C19H25N5O2/c1-3-6-17-21-13(2)11-18(23-17)22-14-8-10-24(12-16(14)25)19(26)15-7-4-5-9-20-15/h4-5,7,9,11,14,16,25H,3,6,8,10,12H2,1-2H3,(H,21,22,23)/t14-,16-/m1/s1. The minimum atomic E-state index is -0.665. The van der Waals surface area contributed by atoms with Gasteiger partial charge < -0.3 is 15.3 Å². The van der Waals surface area contributed by atoms with E-state index in [0.29, 0.717) is 18.7 Å². The van der Waals surface area contributed by atoms with Gasteiger partial charge in [0.25, 0.3) is 5.91 Å². The molecule has 7 heteroatoms. The predicted octanol–water partition coefficient (Wildman–Crippen LogP) is 1.82.